The maximum atomic E-state index is 13.0. The number of halogens is 2. The Labute approximate surface area is 169 Å². The van der Waals surface area contributed by atoms with E-state index >= 15 is 0 Å². The summed E-state index contributed by atoms with van der Waals surface area (Å²) in [5, 5.41) is 0.760. The van der Waals surface area contributed by atoms with Crippen LogP contribution in [0.3, 0.4) is 0 Å². The van der Waals surface area contributed by atoms with Crippen LogP contribution < -0.4 is 0 Å². The molecule has 1 saturated carbocycles. The Kier molecular flexibility index (Phi) is 7.47. The molecule has 1 aromatic carbocycles. The van der Waals surface area contributed by atoms with Crippen molar-refractivity contribution >= 4 is 40.1 Å². The zero-order valence-electron chi connectivity index (χ0n) is 14.7. The standard InChI is InChI=1S/C20H24Cl2N2OS/c21-17-10-8-15(9-11-17)18(19(22)24-13-12-23-14-24)26-20(25)16-6-4-2-1-3-5-7-16/h8-14,16,18-19H,1-7H2. The van der Waals surface area contributed by atoms with Gasteiger partial charge in [-0.1, -0.05) is 79.2 Å². The fourth-order valence-corrected chi connectivity index (χ4v) is 5.19. The molecule has 1 aliphatic carbocycles. The second-order valence-electron chi connectivity index (χ2n) is 6.83. The lowest BCUT2D eigenvalue weighted by Gasteiger charge is -2.25. The molecule has 6 heteroatoms. The molecule has 0 bridgehead atoms. The van der Waals surface area contributed by atoms with Crippen molar-refractivity contribution in [3.8, 4) is 0 Å². The monoisotopic (exact) mass is 410 g/mol. The van der Waals surface area contributed by atoms with Gasteiger partial charge in [0.25, 0.3) is 0 Å². The second kappa shape index (κ2) is 9.82. The van der Waals surface area contributed by atoms with Crippen LogP contribution in [0.5, 0.6) is 0 Å². The van der Waals surface area contributed by atoms with Gasteiger partial charge in [-0.3, -0.25) is 4.79 Å². The van der Waals surface area contributed by atoms with Crippen molar-refractivity contribution in [2.45, 2.75) is 55.7 Å². The molecule has 140 valence electrons. The van der Waals surface area contributed by atoms with Crippen molar-refractivity contribution in [1.29, 1.82) is 0 Å². The van der Waals surface area contributed by atoms with E-state index in [0.717, 1.165) is 31.2 Å². The van der Waals surface area contributed by atoms with E-state index in [2.05, 4.69) is 4.98 Å². The van der Waals surface area contributed by atoms with Crippen LogP contribution >= 0.6 is 35.0 Å². The van der Waals surface area contributed by atoms with E-state index in [4.69, 9.17) is 23.2 Å². The van der Waals surface area contributed by atoms with E-state index in [1.165, 1.54) is 31.0 Å². The molecule has 26 heavy (non-hydrogen) atoms. The van der Waals surface area contributed by atoms with E-state index in [0.29, 0.717) is 5.02 Å². The van der Waals surface area contributed by atoms with Crippen molar-refractivity contribution in [2.24, 2.45) is 5.92 Å². The van der Waals surface area contributed by atoms with Crippen LogP contribution in [0, 0.1) is 5.92 Å². The maximum absolute atomic E-state index is 13.0. The van der Waals surface area contributed by atoms with Gasteiger partial charge in [-0.2, -0.15) is 0 Å². The molecule has 3 nitrogen and oxygen atoms in total. The molecule has 2 aromatic rings. The molecule has 1 fully saturated rings. The van der Waals surface area contributed by atoms with Gasteiger partial charge in [-0.05, 0) is 30.5 Å². The molecule has 0 aliphatic heterocycles. The van der Waals surface area contributed by atoms with Crippen molar-refractivity contribution < 1.29 is 4.79 Å². The Morgan fingerprint density at radius 3 is 2.38 bits per heavy atom. The van der Waals surface area contributed by atoms with Crippen molar-refractivity contribution in [1.82, 2.24) is 9.55 Å². The molecule has 2 unspecified atom stereocenters. The smallest absolute Gasteiger partial charge is 0.192 e. The fourth-order valence-electron chi connectivity index (χ4n) is 3.42. The number of carbonyl (C=O) groups excluding carboxylic acids is 1. The van der Waals surface area contributed by atoms with E-state index in [1.807, 2.05) is 35.0 Å². The minimum Gasteiger partial charge on any atom is -0.319 e. The number of nitrogens with zero attached hydrogens (tertiary/aromatic N) is 2. The quantitative estimate of drug-likeness (QED) is 0.518. The molecule has 0 saturated heterocycles. The summed E-state index contributed by atoms with van der Waals surface area (Å²) in [6.45, 7) is 0. The van der Waals surface area contributed by atoms with Gasteiger partial charge in [0.2, 0.25) is 0 Å². The van der Waals surface area contributed by atoms with Crippen LogP contribution in [0.2, 0.25) is 5.02 Å². The molecule has 0 radical (unpaired) electrons. The van der Waals surface area contributed by atoms with Gasteiger partial charge in [0.1, 0.15) is 5.50 Å². The average molecular weight is 411 g/mol. The first kappa shape index (κ1) is 19.8. The van der Waals surface area contributed by atoms with Crippen LogP contribution in [-0.4, -0.2) is 14.7 Å². The predicted molar refractivity (Wildman–Crippen MR) is 110 cm³/mol. The Bertz CT molecular complexity index is 682. The van der Waals surface area contributed by atoms with Crippen LogP contribution in [0.1, 0.15) is 61.3 Å². The molecule has 0 spiro atoms. The van der Waals surface area contributed by atoms with Crippen LogP contribution in [0.4, 0.5) is 0 Å². The predicted octanol–water partition coefficient (Wildman–Crippen LogP) is 6.64. The molecule has 2 atom stereocenters. The van der Waals surface area contributed by atoms with E-state index < -0.39 is 0 Å². The number of hydrogen-bond acceptors (Lipinski definition) is 3. The number of rotatable bonds is 5. The lowest BCUT2D eigenvalue weighted by atomic mass is 9.92. The summed E-state index contributed by atoms with van der Waals surface area (Å²) in [6.07, 6.45) is 13.3. The van der Waals surface area contributed by atoms with Gasteiger partial charge in [0, 0.05) is 23.3 Å². The number of benzene rings is 1. The highest BCUT2D eigenvalue weighted by atomic mass is 35.5. The summed E-state index contributed by atoms with van der Waals surface area (Å²) in [5.41, 5.74) is 0.619. The Balaban J connectivity index is 1.78. The molecule has 3 rings (SSSR count). The van der Waals surface area contributed by atoms with Crippen molar-refractivity contribution in [3.63, 3.8) is 0 Å². The third-order valence-electron chi connectivity index (χ3n) is 4.94. The Morgan fingerprint density at radius 1 is 1.12 bits per heavy atom. The third-order valence-corrected chi connectivity index (χ3v) is 7.17. The molecule has 1 heterocycles. The third kappa shape index (κ3) is 5.28. The molecular weight excluding hydrogens is 387 g/mol. The molecular formula is C20H24Cl2N2OS. The van der Waals surface area contributed by atoms with E-state index in [-0.39, 0.29) is 21.8 Å². The summed E-state index contributed by atoms with van der Waals surface area (Å²) in [4.78, 5) is 17.1. The van der Waals surface area contributed by atoms with Gasteiger partial charge in [-0.15, -0.1) is 0 Å². The number of thioether (sulfide) groups is 1. The van der Waals surface area contributed by atoms with Gasteiger partial charge in [0.15, 0.2) is 5.12 Å². The minimum absolute atomic E-state index is 0.141. The van der Waals surface area contributed by atoms with Gasteiger partial charge < -0.3 is 4.57 Å². The zero-order valence-corrected chi connectivity index (χ0v) is 17.0. The summed E-state index contributed by atoms with van der Waals surface area (Å²) >= 11 is 14.2. The Morgan fingerprint density at radius 2 is 1.77 bits per heavy atom. The summed E-state index contributed by atoms with van der Waals surface area (Å²) < 4.78 is 1.85. The van der Waals surface area contributed by atoms with Gasteiger partial charge in [-0.25, -0.2) is 4.98 Å². The largest absolute Gasteiger partial charge is 0.319 e. The Hall–Kier alpha value is -0.970. The average Bonchev–Trinajstić information content (AvgIpc) is 3.14. The lowest BCUT2D eigenvalue weighted by molar-refractivity contribution is -0.115. The maximum Gasteiger partial charge on any atom is 0.192 e. The normalized spacial score (nSPS) is 18.7. The SMILES string of the molecule is O=C(SC(c1ccc(Cl)cc1)C(Cl)n1ccnc1)C1CCCCCCC1. The summed E-state index contributed by atoms with van der Waals surface area (Å²) in [7, 11) is 0. The highest BCUT2D eigenvalue weighted by Crippen LogP contribution is 2.44. The molecule has 0 N–H and O–H groups in total. The number of carbonyl (C=O) groups is 1. The first-order chi connectivity index (χ1) is 12.6. The van der Waals surface area contributed by atoms with Crippen molar-refractivity contribution in [3.05, 3.63) is 53.6 Å². The van der Waals surface area contributed by atoms with E-state index in [1.54, 1.807) is 12.5 Å². The van der Waals surface area contributed by atoms with Gasteiger partial charge in [0.05, 0.1) is 11.6 Å². The second-order valence-corrected chi connectivity index (χ2v) is 8.86. The molecule has 1 aromatic heterocycles. The number of imidazole rings is 1. The zero-order chi connectivity index (χ0) is 18.4. The molecule has 0 amide bonds. The van der Waals surface area contributed by atoms with Crippen LogP contribution in [-0.2, 0) is 4.79 Å². The fraction of sp³-hybridized carbons (Fsp3) is 0.500. The van der Waals surface area contributed by atoms with Crippen LogP contribution in [0.25, 0.3) is 0 Å². The number of aromatic nitrogens is 2. The van der Waals surface area contributed by atoms with E-state index in [9.17, 15) is 4.79 Å². The highest BCUT2D eigenvalue weighted by molar-refractivity contribution is 8.13. The first-order valence-electron chi connectivity index (χ1n) is 9.22. The van der Waals surface area contributed by atoms with Crippen LogP contribution in [0.15, 0.2) is 43.0 Å². The number of alkyl halides is 1. The highest BCUT2D eigenvalue weighted by Gasteiger charge is 2.29. The number of hydrogen-bond donors (Lipinski definition) is 0. The molecule has 1 aliphatic rings. The van der Waals surface area contributed by atoms with Crippen molar-refractivity contribution in [2.75, 3.05) is 0 Å². The first-order valence-corrected chi connectivity index (χ1v) is 10.9. The summed E-state index contributed by atoms with van der Waals surface area (Å²) in [6, 6.07) is 7.61. The minimum atomic E-state index is -0.388. The summed E-state index contributed by atoms with van der Waals surface area (Å²) in [5.74, 6) is 0.141. The lowest BCUT2D eigenvalue weighted by Crippen LogP contribution is -2.17. The topological polar surface area (TPSA) is 34.9 Å². The van der Waals surface area contributed by atoms with Gasteiger partial charge >= 0.3 is 0 Å².